The van der Waals surface area contributed by atoms with E-state index < -0.39 is 12.1 Å². The molecule has 1 aliphatic rings. The number of carboxylic acid groups (broad SMARTS) is 1. The highest BCUT2D eigenvalue weighted by Crippen LogP contribution is 2.34. The smallest absolute Gasteiger partial charge is 0.407 e. The first-order valence-electron chi connectivity index (χ1n) is 4.89. The van der Waals surface area contributed by atoms with Crippen LogP contribution in [0.1, 0.15) is 19.3 Å². The SMILES string of the molecule is C=CCOC(=O)N[C@@H](CC(=O)O)C1CC1. The number of carbonyl (C=O) groups excluding carboxylic acids is 1. The van der Waals surface area contributed by atoms with Crippen LogP contribution in [0.3, 0.4) is 0 Å². The third-order valence-corrected chi connectivity index (χ3v) is 2.22. The Morgan fingerprint density at radius 1 is 1.60 bits per heavy atom. The van der Waals surface area contributed by atoms with Crippen LogP contribution in [0.25, 0.3) is 0 Å². The zero-order valence-corrected chi connectivity index (χ0v) is 8.44. The van der Waals surface area contributed by atoms with Gasteiger partial charge in [-0.2, -0.15) is 0 Å². The van der Waals surface area contributed by atoms with Crippen LogP contribution < -0.4 is 5.32 Å². The van der Waals surface area contributed by atoms with Crippen molar-refractivity contribution < 1.29 is 19.4 Å². The van der Waals surface area contributed by atoms with Gasteiger partial charge in [0.1, 0.15) is 6.61 Å². The molecule has 15 heavy (non-hydrogen) atoms. The summed E-state index contributed by atoms with van der Waals surface area (Å²) in [5, 5.41) is 11.2. The Hall–Kier alpha value is -1.52. The van der Waals surface area contributed by atoms with Crippen molar-refractivity contribution in [2.75, 3.05) is 6.61 Å². The van der Waals surface area contributed by atoms with E-state index in [2.05, 4.69) is 11.9 Å². The number of hydrogen-bond donors (Lipinski definition) is 2. The average molecular weight is 213 g/mol. The molecule has 0 aromatic carbocycles. The molecule has 1 aliphatic carbocycles. The third-order valence-electron chi connectivity index (χ3n) is 2.22. The van der Waals surface area contributed by atoms with Gasteiger partial charge in [0.25, 0.3) is 0 Å². The first-order valence-corrected chi connectivity index (χ1v) is 4.89. The van der Waals surface area contributed by atoms with Gasteiger partial charge < -0.3 is 15.2 Å². The van der Waals surface area contributed by atoms with Gasteiger partial charge in [0.15, 0.2) is 0 Å². The van der Waals surface area contributed by atoms with Crippen molar-refractivity contribution in [3.63, 3.8) is 0 Å². The summed E-state index contributed by atoms with van der Waals surface area (Å²) in [5.41, 5.74) is 0. The van der Waals surface area contributed by atoms with Crippen LogP contribution >= 0.6 is 0 Å². The molecule has 0 saturated heterocycles. The van der Waals surface area contributed by atoms with Crippen LogP contribution in [0.5, 0.6) is 0 Å². The fourth-order valence-electron chi connectivity index (χ4n) is 1.35. The van der Waals surface area contributed by atoms with E-state index in [0.717, 1.165) is 12.8 Å². The largest absolute Gasteiger partial charge is 0.481 e. The maximum atomic E-state index is 11.2. The molecule has 5 heteroatoms. The van der Waals surface area contributed by atoms with Gasteiger partial charge in [-0.25, -0.2) is 4.79 Å². The van der Waals surface area contributed by atoms with Crippen molar-refractivity contribution in [1.29, 1.82) is 0 Å². The molecule has 1 atom stereocenters. The summed E-state index contributed by atoms with van der Waals surface area (Å²) < 4.78 is 4.72. The standard InChI is InChI=1S/C10H15NO4/c1-2-5-15-10(14)11-8(6-9(12)13)7-3-4-7/h2,7-8H,1,3-6H2,(H,11,14)(H,12,13)/t8-/m0/s1. The van der Waals surface area contributed by atoms with E-state index in [0.29, 0.717) is 0 Å². The Balaban J connectivity index is 2.33. The molecule has 2 N–H and O–H groups in total. The second-order valence-corrected chi connectivity index (χ2v) is 3.57. The lowest BCUT2D eigenvalue weighted by atomic mass is 10.1. The molecule has 0 bridgehead atoms. The maximum Gasteiger partial charge on any atom is 0.407 e. The van der Waals surface area contributed by atoms with Crippen molar-refractivity contribution >= 4 is 12.1 Å². The average Bonchev–Trinajstić information content (AvgIpc) is 2.96. The summed E-state index contributed by atoms with van der Waals surface area (Å²) in [6.45, 7) is 3.54. The van der Waals surface area contributed by atoms with Crippen LogP contribution in [0, 0.1) is 5.92 Å². The number of ether oxygens (including phenoxy) is 1. The van der Waals surface area contributed by atoms with Gasteiger partial charge in [-0.15, -0.1) is 0 Å². The van der Waals surface area contributed by atoms with E-state index in [9.17, 15) is 9.59 Å². The number of rotatable bonds is 6. The summed E-state index contributed by atoms with van der Waals surface area (Å²) in [6, 6.07) is -0.306. The fraction of sp³-hybridized carbons (Fsp3) is 0.600. The van der Waals surface area contributed by atoms with Gasteiger partial charge in [-0.05, 0) is 18.8 Å². The quantitative estimate of drug-likeness (QED) is 0.649. The molecule has 0 unspecified atom stereocenters. The minimum atomic E-state index is -0.907. The maximum absolute atomic E-state index is 11.2. The lowest BCUT2D eigenvalue weighted by Crippen LogP contribution is -2.38. The molecule has 1 saturated carbocycles. The summed E-state index contributed by atoms with van der Waals surface area (Å²) >= 11 is 0. The summed E-state index contributed by atoms with van der Waals surface area (Å²) in [4.78, 5) is 21.7. The van der Waals surface area contributed by atoms with Crippen LogP contribution in [-0.2, 0) is 9.53 Å². The van der Waals surface area contributed by atoms with E-state index in [1.165, 1.54) is 6.08 Å². The number of aliphatic carboxylic acids is 1. The number of carbonyl (C=O) groups is 2. The number of hydrogen-bond acceptors (Lipinski definition) is 3. The van der Waals surface area contributed by atoms with Crippen LogP contribution in [0.2, 0.25) is 0 Å². The van der Waals surface area contributed by atoms with Crippen molar-refractivity contribution in [1.82, 2.24) is 5.32 Å². The van der Waals surface area contributed by atoms with Crippen LogP contribution in [0.4, 0.5) is 4.79 Å². The molecule has 0 aliphatic heterocycles. The molecule has 1 fully saturated rings. The minimum Gasteiger partial charge on any atom is -0.481 e. The topological polar surface area (TPSA) is 75.6 Å². The van der Waals surface area contributed by atoms with Crippen LogP contribution in [-0.4, -0.2) is 29.8 Å². The highest BCUT2D eigenvalue weighted by atomic mass is 16.5. The first-order chi connectivity index (χ1) is 7.13. The van der Waals surface area contributed by atoms with Crippen molar-refractivity contribution in [3.05, 3.63) is 12.7 Å². The molecule has 1 amide bonds. The Bertz CT molecular complexity index is 260. The molecular formula is C10H15NO4. The van der Waals surface area contributed by atoms with Gasteiger partial charge in [-0.1, -0.05) is 12.7 Å². The van der Waals surface area contributed by atoms with Crippen molar-refractivity contribution in [2.45, 2.75) is 25.3 Å². The number of carboxylic acids is 1. The van der Waals surface area contributed by atoms with Gasteiger partial charge in [0.2, 0.25) is 0 Å². The molecular weight excluding hydrogens is 198 g/mol. The predicted octanol–water partition coefficient (Wildman–Crippen LogP) is 1.15. The van der Waals surface area contributed by atoms with Crippen molar-refractivity contribution in [3.8, 4) is 0 Å². The van der Waals surface area contributed by atoms with E-state index in [4.69, 9.17) is 9.84 Å². The van der Waals surface area contributed by atoms with E-state index in [1.807, 2.05) is 0 Å². The molecule has 0 aromatic rings. The minimum absolute atomic E-state index is 0.0478. The molecule has 84 valence electrons. The summed E-state index contributed by atoms with van der Waals surface area (Å²) in [6.07, 6.45) is 2.78. The molecule has 0 radical (unpaired) electrons. The van der Waals surface area contributed by atoms with E-state index in [-0.39, 0.29) is 25.0 Å². The Labute approximate surface area is 88.1 Å². The second kappa shape index (κ2) is 5.38. The number of amides is 1. The molecule has 0 heterocycles. The summed E-state index contributed by atoms with van der Waals surface area (Å²) in [7, 11) is 0. The third kappa shape index (κ3) is 4.49. The van der Waals surface area contributed by atoms with Gasteiger partial charge in [0, 0.05) is 6.04 Å². The number of alkyl carbamates (subject to hydrolysis) is 1. The molecule has 0 spiro atoms. The normalized spacial score (nSPS) is 16.5. The lowest BCUT2D eigenvalue weighted by Gasteiger charge is -2.15. The molecule has 5 nitrogen and oxygen atoms in total. The zero-order valence-electron chi connectivity index (χ0n) is 8.44. The Morgan fingerprint density at radius 3 is 2.73 bits per heavy atom. The first kappa shape index (κ1) is 11.6. The fourth-order valence-corrected chi connectivity index (χ4v) is 1.35. The van der Waals surface area contributed by atoms with Gasteiger partial charge >= 0.3 is 12.1 Å². The predicted molar refractivity (Wildman–Crippen MR) is 53.4 cm³/mol. The monoisotopic (exact) mass is 213 g/mol. The van der Waals surface area contributed by atoms with E-state index >= 15 is 0 Å². The van der Waals surface area contributed by atoms with Gasteiger partial charge in [0.05, 0.1) is 6.42 Å². The number of nitrogens with one attached hydrogen (secondary N) is 1. The zero-order chi connectivity index (χ0) is 11.3. The van der Waals surface area contributed by atoms with E-state index in [1.54, 1.807) is 0 Å². The molecule has 0 aromatic heterocycles. The summed E-state index contributed by atoms with van der Waals surface area (Å²) in [5.74, 6) is -0.617. The highest BCUT2D eigenvalue weighted by molar-refractivity contribution is 5.71. The van der Waals surface area contributed by atoms with Crippen LogP contribution in [0.15, 0.2) is 12.7 Å². The second-order valence-electron chi connectivity index (χ2n) is 3.57. The van der Waals surface area contributed by atoms with Crippen molar-refractivity contribution in [2.24, 2.45) is 5.92 Å². The Morgan fingerprint density at radius 2 is 2.27 bits per heavy atom. The lowest BCUT2D eigenvalue weighted by molar-refractivity contribution is -0.137. The Kier molecular flexibility index (Phi) is 4.15. The molecule has 1 rings (SSSR count). The van der Waals surface area contributed by atoms with Gasteiger partial charge in [-0.3, -0.25) is 4.79 Å². The highest BCUT2D eigenvalue weighted by Gasteiger charge is 2.33.